The van der Waals surface area contributed by atoms with E-state index in [9.17, 15) is 0 Å². The molecule has 2 aromatic rings. The first kappa shape index (κ1) is 13.5. The van der Waals surface area contributed by atoms with Gasteiger partial charge in [0.25, 0.3) is 0 Å². The molecule has 2 unspecified atom stereocenters. The molecule has 4 rings (SSSR count). The van der Waals surface area contributed by atoms with Crippen LogP contribution in [-0.2, 0) is 6.54 Å². The van der Waals surface area contributed by atoms with Crippen LogP contribution >= 0.6 is 0 Å². The van der Waals surface area contributed by atoms with Crippen LogP contribution in [0.3, 0.4) is 0 Å². The Morgan fingerprint density at radius 3 is 2.41 bits per heavy atom. The average Bonchev–Trinajstić information content (AvgIpc) is 3.15. The Morgan fingerprint density at radius 1 is 1.09 bits per heavy atom. The largest absolute Gasteiger partial charge is 0.293 e. The molecule has 2 aliphatic heterocycles. The van der Waals surface area contributed by atoms with Gasteiger partial charge in [-0.15, -0.1) is 0 Å². The highest BCUT2D eigenvalue weighted by molar-refractivity contribution is 5.31. The third-order valence-corrected chi connectivity index (χ3v) is 5.21. The second-order valence-corrected chi connectivity index (χ2v) is 6.48. The van der Waals surface area contributed by atoms with Gasteiger partial charge in [-0.3, -0.25) is 9.58 Å². The Balaban J connectivity index is 1.47. The number of nitrogens with zero attached hydrogens (tertiary/aromatic N) is 4. The molecule has 2 fully saturated rings. The Morgan fingerprint density at radius 2 is 1.82 bits per heavy atom. The van der Waals surface area contributed by atoms with E-state index < -0.39 is 0 Å². The minimum atomic E-state index is 0.560. The first-order valence-electron chi connectivity index (χ1n) is 8.07. The van der Waals surface area contributed by atoms with Crippen LogP contribution in [0, 0.1) is 11.3 Å². The lowest BCUT2D eigenvalue weighted by Crippen LogP contribution is -2.42. The molecule has 22 heavy (non-hydrogen) atoms. The van der Waals surface area contributed by atoms with Crippen LogP contribution < -0.4 is 0 Å². The third-order valence-electron chi connectivity index (χ3n) is 5.21. The first-order chi connectivity index (χ1) is 10.8. The van der Waals surface area contributed by atoms with Crippen molar-refractivity contribution in [1.29, 1.82) is 5.26 Å². The molecule has 3 heterocycles. The molecule has 0 spiro atoms. The predicted octanol–water partition coefficient (Wildman–Crippen LogP) is 3.12. The van der Waals surface area contributed by atoms with Crippen LogP contribution in [0.5, 0.6) is 0 Å². The van der Waals surface area contributed by atoms with E-state index in [0.717, 1.165) is 12.1 Å². The lowest BCUT2D eigenvalue weighted by Gasteiger charge is -2.39. The molecular formula is C18H20N4. The number of nitriles is 1. The summed E-state index contributed by atoms with van der Waals surface area (Å²) in [5, 5.41) is 13.3. The second-order valence-electron chi connectivity index (χ2n) is 6.48. The number of benzene rings is 1. The summed E-state index contributed by atoms with van der Waals surface area (Å²) in [5.41, 5.74) is 2.05. The molecule has 0 aliphatic carbocycles. The van der Waals surface area contributed by atoms with Crippen LogP contribution in [0.1, 0.15) is 42.9 Å². The van der Waals surface area contributed by atoms with Gasteiger partial charge in [0.05, 0.1) is 17.7 Å². The standard InChI is InChI=1S/C18H20N4/c19-12-14-2-4-15(5-3-14)13-21-16-6-7-17(21)11-18(10-16)22-9-1-8-20-22/h1-5,8-9,16-18H,6-7,10-11,13H2. The van der Waals surface area contributed by atoms with Crippen molar-refractivity contribution in [3.05, 3.63) is 53.9 Å². The summed E-state index contributed by atoms with van der Waals surface area (Å²) in [7, 11) is 0. The molecule has 112 valence electrons. The summed E-state index contributed by atoms with van der Waals surface area (Å²) >= 11 is 0. The van der Waals surface area contributed by atoms with Crippen LogP contribution in [0.2, 0.25) is 0 Å². The molecule has 2 bridgehead atoms. The first-order valence-corrected chi connectivity index (χ1v) is 8.07. The maximum atomic E-state index is 8.89. The van der Waals surface area contributed by atoms with Crippen molar-refractivity contribution in [1.82, 2.24) is 14.7 Å². The number of hydrogen-bond donors (Lipinski definition) is 0. The zero-order valence-electron chi connectivity index (χ0n) is 12.6. The smallest absolute Gasteiger partial charge is 0.0991 e. The van der Waals surface area contributed by atoms with E-state index in [-0.39, 0.29) is 0 Å². The van der Waals surface area contributed by atoms with Crippen LogP contribution in [0.25, 0.3) is 0 Å². The maximum absolute atomic E-state index is 8.89. The van der Waals surface area contributed by atoms with Gasteiger partial charge in [-0.25, -0.2) is 0 Å². The van der Waals surface area contributed by atoms with Crippen molar-refractivity contribution < 1.29 is 0 Å². The number of aromatic nitrogens is 2. The van der Waals surface area contributed by atoms with Crippen molar-refractivity contribution in [3.8, 4) is 6.07 Å². The summed E-state index contributed by atoms with van der Waals surface area (Å²) in [6.07, 6.45) is 8.99. The lowest BCUT2D eigenvalue weighted by atomic mass is 9.96. The molecule has 0 amide bonds. The fourth-order valence-electron chi connectivity index (χ4n) is 4.11. The predicted molar refractivity (Wildman–Crippen MR) is 84.0 cm³/mol. The van der Waals surface area contributed by atoms with Gasteiger partial charge in [-0.2, -0.15) is 10.4 Å². The molecule has 2 aliphatic rings. The van der Waals surface area contributed by atoms with Crippen molar-refractivity contribution >= 4 is 0 Å². The minimum Gasteiger partial charge on any atom is -0.293 e. The van der Waals surface area contributed by atoms with Gasteiger partial charge >= 0.3 is 0 Å². The van der Waals surface area contributed by atoms with Gasteiger partial charge in [-0.1, -0.05) is 12.1 Å². The zero-order chi connectivity index (χ0) is 14.9. The molecule has 1 aromatic carbocycles. The Labute approximate surface area is 131 Å². The van der Waals surface area contributed by atoms with Gasteiger partial charge in [0.15, 0.2) is 0 Å². The SMILES string of the molecule is N#Cc1ccc(CN2C3CCC2CC(n2cccn2)C3)cc1. The fraction of sp³-hybridized carbons (Fsp3) is 0.444. The second kappa shape index (κ2) is 5.58. The monoisotopic (exact) mass is 292 g/mol. The molecule has 2 atom stereocenters. The molecule has 2 saturated heterocycles. The van der Waals surface area contributed by atoms with Crippen LogP contribution in [-0.4, -0.2) is 26.8 Å². The molecule has 0 saturated carbocycles. The number of piperidine rings is 1. The van der Waals surface area contributed by atoms with E-state index in [1.54, 1.807) is 0 Å². The lowest BCUT2D eigenvalue weighted by molar-refractivity contribution is 0.0951. The van der Waals surface area contributed by atoms with E-state index in [1.165, 1.54) is 31.2 Å². The van der Waals surface area contributed by atoms with Crippen molar-refractivity contribution in [2.45, 2.75) is 50.4 Å². The quantitative estimate of drug-likeness (QED) is 0.873. The van der Waals surface area contributed by atoms with Crippen molar-refractivity contribution in [3.63, 3.8) is 0 Å². The van der Waals surface area contributed by atoms with E-state index >= 15 is 0 Å². The molecule has 0 radical (unpaired) electrons. The fourth-order valence-corrected chi connectivity index (χ4v) is 4.11. The van der Waals surface area contributed by atoms with E-state index in [1.807, 2.05) is 24.4 Å². The molecule has 0 N–H and O–H groups in total. The van der Waals surface area contributed by atoms with Crippen molar-refractivity contribution in [2.75, 3.05) is 0 Å². The summed E-state index contributed by atoms with van der Waals surface area (Å²) < 4.78 is 2.14. The number of hydrogen-bond acceptors (Lipinski definition) is 3. The molecular weight excluding hydrogens is 272 g/mol. The van der Waals surface area contributed by atoms with E-state index in [0.29, 0.717) is 18.1 Å². The highest BCUT2D eigenvalue weighted by atomic mass is 15.3. The summed E-state index contributed by atoms with van der Waals surface area (Å²) in [4.78, 5) is 2.67. The van der Waals surface area contributed by atoms with Gasteiger partial charge in [0.2, 0.25) is 0 Å². The Kier molecular flexibility index (Phi) is 3.44. The van der Waals surface area contributed by atoms with Crippen LogP contribution in [0.15, 0.2) is 42.7 Å². The number of rotatable bonds is 3. The Hall–Kier alpha value is -2.12. The van der Waals surface area contributed by atoms with Gasteiger partial charge in [-0.05, 0) is 49.4 Å². The Bertz CT molecular complexity index is 654. The highest BCUT2D eigenvalue weighted by Gasteiger charge is 2.41. The maximum Gasteiger partial charge on any atom is 0.0991 e. The van der Waals surface area contributed by atoms with Crippen molar-refractivity contribution in [2.24, 2.45) is 0 Å². The van der Waals surface area contributed by atoms with Gasteiger partial charge in [0, 0.05) is 31.0 Å². The zero-order valence-corrected chi connectivity index (χ0v) is 12.6. The van der Waals surface area contributed by atoms with Gasteiger partial charge < -0.3 is 0 Å². The highest BCUT2D eigenvalue weighted by Crippen LogP contribution is 2.41. The summed E-state index contributed by atoms with van der Waals surface area (Å²) in [6.45, 7) is 1.01. The third kappa shape index (κ3) is 2.42. The molecule has 1 aromatic heterocycles. The summed E-state index contributed by atoms with van der Waals surface area (Å²) in [5.74, 6) is 0. The average molecular weight is 292 g/mol. The van der Waals surface area contributed by atoms with Gasteiger partial charge in [0.1, 0.15) is 0 Å². The molecule has 4 heteroatoms. The topological polar surface area (TPSA) is 44.9 Å². The van der Waals surface area contributed by atoms with E-state index in [4.69, 9.17) is 5.26 Å². The molecule has 4 nitrogen and oxygen atoms in total. The van der Waals surface area contributed by atoms with Crippen LogP contribution in [0.4, 0.5) is 0 Å². The normalized spacial score (nSPS) is 27.7. The van der Waals surface area contributed by atoms with E-state index in [2.05, 4.69) is 39.1 Å². The minimum absolute atomic E-state index is 0.560. The summed E-state index contributed by atoms with van der Waals surface area (Å²) in [6, 6.07) is 14.1. The number of fused-ring (bicyclic) bond motifs is 2.